The first-order valence-corrected chi connectivity index (χ1v) is 4.63. The minimum atomic E-state index is -0.231. The van der Waals surface area contributed by atoms with Gasteiger partial charge in [-0.1, -0.05) is 12.8 Å². The number of hydrogen-bond acceptors (Lipinski definition) is 3. The fraction of sp³-hybridized carbons (Fsp3) is 1.00. The number of nitro groups is 1. The van der Waals surface area contributed by atoms with Gasteiger partial charge in [-0.3, -0.25) is 15.0 Å². The molecule has 0 saturated carbocycles. The topological polar surface area (TPSA) is 46.4 Å². The monoisotopic (exact) mass is 172 g/mol. The average molecular weight is 172 g/mol. The van der Waals surface area contributed by atoms with E-state index in [2.05, 4.69) is 4.90 Å². The van der Waals surface area contributed by atoms with E-state index in [1.54, 1.807) is 0 Å². The third-order valence-corrected chi connectivity index (χ3v) is 2.30. The normalized spacial score (nSPS) is 20.3. The lowest BCUT2D eigenvalue weighted by molar-refractivity contribution is -0.480. The first-order chi connectivity index (χ1) is 5.79. The summed E-state index contributed by atoms with van der Waals surface area (Å²) in [5.41, 5.74) is 0. The zero-order valence-electron chi connectivity index (χ0n) is 7.37. The molecule has 1 fully saturated rings. The number of hydrogen-bond donors (Lipinski definition) is 0. The molecular formula is C8H16N2O2. The Labute approximate surface area is 72.7 Å². The summed E-state index contributed by atoms with van der Waals surface area (Å²) < 4.78 is 0. The highest BCUT2D eigenvalue weighted by molar-refractivity contribution is 4.62. The van der Waals surface area contributed by atoms with Gasteiger partial charge in [0.05, 0.1) is 6.54 Å². The molecule has 1 saturated heterocycles. The summed E-state index contributed by atoms with van der Waals surface area (Å²) in [5.74, 6) is 0. The second-order valence-electron chi connectivity index (χ2n) is 3.31. The van der Waals surface area contributed by atoms with Gasteiger partial charge in [0.1, 0.15) is 0 Å². The maximum Gasteiger partial charge on any atom is 0.216 e. The van der Waals surface area contributed by atoms with Gasteiger partial charge in [-0.2, -0.15) is 0 Å². The number of likely N-dealkylation sites (tertiary alicyclic amines) is 1. The van der Waals surface area contributed by atoms with Crippen LogP contribution in [0.15, 0.2) is 0 Å². The zero-order valence-corrected chi connectivity index (χ0v) is 7.37. The van der Waals surface area contributed by atoms with Crippen molar-refractivity contribution in [3.05, 3.63) is 10.1 Å². The highest BCUT2D eigenvalue weighted by Crippen LogP contribution is 2.08. The minimum Gasteiger partial charge on any atom is -0.297 e. The summed E-state index contributed by atoms with van der Waals surface area (Å²) >= 11 is 0. The van der Waals surface area contributed by atoms with Gasteiger partial charge >= 0.3 is 0 Å². The Morgan fingerprint density at radius 3 is 2.25 bits per heavy atom. The van der Waals surface area contributed by atoms with E-state index in [-0.39, 0.29) is 11.5 Å². The van der Waals surface area contributed by atoms with Gasteiger partial charge in [-0.25, -0.2) is 0 Å². The van der Waals surface area contributed by atoms with E-state index in [1.807, 2.05) is 0 Å². The molecule has 0 radical (unpaired) electrons. The number of rotatable bonds is 3. The van der Waals surface area contributed by atoms with E-state index in [0.717, 1.165) is 13.1 Å². The lowest BCUT2D eigenvalue weighted by Gasteiger charge is -2.16. The highest BCUT2D eigenvalue weighted by atomic mass is 16.6. The van der Waals surface area contributed by atoms with Crippen molar-refractivity contribution >= 4 is 0 Å². The van der Waals surface area contributed by atoms with Crippen molar-refractivity contribution in [2.75, 3.05) is 26.2 Å². The van der Waals surface area contributed by atoms with E-state index in [0.29, 0.717) is 6.54 Å². The van der Waals surface area contributed by atoms with E-state index in [9.17, 15) is 10.1 Å². The van der Waals surface area contributed by atoms with Crippen molar-refractivity contribution in [2.24, 2.45) is 0 Å². The van der Waals surface area contributed by atoms with Crippen molar-refractivity contribution in [3.63, 3.8) is 0 Å². The van der Waals surface area contributed by atoms with Crippen LogP contribution in [0.25, 0.3) is 0 Å². The molecule has 0 spiro atoms. The van der Waals surface area contributed by atoms with E-state index >= 15 is 0 Å². The largest absolute Gasteiger partial charge is 0.297 e. The molecule has 4 heteroatoms. The first-order valence-electron chi connectivity index (χ1n) is 4.63. The standard InChI is InChI=1S/C8H16N2O2/c11-10(12)8-7-9-5-3-1-2-4-6-9/h1-8H2. The molecule has 0 unspecified atom stereocenters. The molecule has 1 rings (SSSR count). The molecule has 1 heterocycles. The van der Waals surface area contributed by atoms with Gasteiger partial charge in [0.2, 0.25) is 6.54 Å². The molecule has 1 aliphatic heterocycles. The summed E-state index contributed by atoms with van der Waals surface area (Å²) in [6, 6.07) is 0. The summed E-state index contributed by atoms with van der Waals surface area (Å²) in [6.07, 6.45) is 4.99. The third-order valence-electron chi connectivity index (χ3n) is 2.30. The van der Waals surface area contributed by atoms with E-state index in [1.165, 1.54) is 25.7 Å². The van der Waals surface area contributed by atoms with Crippen LogP contribution in [0.1, 0.15) is 25.7 Å². The Morgan fingerprint density at radius 1 is 1.17 bits per heavy atom. The molecule has 12 heavy (non-hydrogen) atoms. The van der Waals surface area contributed by atoms with Gasteiger partial charge in [0, 0.05) is 4.92 Å². The Hall–Kier alpha value is -0.640. The third kappa shape index (κ3) is 3.67. The fourth-order valence-electron chi connectivity index (χ4n) is 1.58. The molecule has 70 valence electrons. The van der Waals surface area contributed by atoms with Crippen molar-refractivity contribution in [1.29, 1.82) is 0 Å². The van der Waals surface area contributed by atoms with Crippen LogP contribution in [0.3, 0.4) is 0 Å². The fourth-order valence-corrected chi connectivity index (χ4v) is 1.58. The Morgan fingerprint density at radius 2 is 1.75 bits per heavy atom. The second kappa shape index (κ2) is 5.09. The van der Waals surface area contributed by atoms with Crippen LogP contribution >= 0.6 is 0 Å². The predicted octanol–water partition coefficient (Wildman–Crippen LogP) is 1.14. The second-order valence-corrected chi connectivity index (χ2v) is 3.31. The highest BCUT2D eigenvalue weighted by Gasteiger charge is 2.10. The minimum absolute atomic E-state index is 0.0972. The quantitative estimate of drug-likeness (QED) is 0.473. The van der Waals surface area contributed by atoms with Crippen LogP contribution in [-0.2, 0) is 0 Å². The maximum atomic E-state index is 10.1. The molecule has 0 aromatic rings. The number of nitrogens with zero attached hydrogens (tertiary/aromatic N) is 2. The van der Waals surface area contributed by atoms with Crippen LogP contribution in [-0.4, -0.2) is 36.0 Å². The van der Waals surface area contributed by atoms with Crippen LogP contribution < -0.4 is 0 Å². The molecular weight excluding hydrogens is 156 g/mol. The molecule has 0 aromatic heterocycles. The van der Waals surface area contributed by atoms with Gasteiger partial charge in [0.15, 0.2) is 0 Å². The van der Waals surface area contributed by atoms with Gasteiger partial charge < -0.3 is 0 Å². The SMILES string of the molecule is O=[N+]([O-])CCN1CCCCCC1. The lowest BCUT2D eigenvalue weighted by atomic mass is 10.2. The van der Waals surface area contributed by atoms with Crippen molar-refractivity contribution in [3.8, 4) is 0 Å². The van der Waals surface area contributed by atoms with Crippen molar-refractivity contribution < 1.29 is 4.92 Å². The summed E-state index contributed by atoms with van der Waals surface area (Å²) in [4.78, 5) is 12.1. The smallest absolute Gasteiger partial charge is 0.216 e. The van der Waals surface area contributed by atoms with Crippen molar-refractivity contribution in [2.45, 2.75) is 25.7 Å². The van der Waals surface area contributed by atoms with Crippen LogP contribution in [0.2, 0.25) is 0 Å². The van der Waals surface area contributed by atoms with E-state index < -0.39 is 0 Å². The van der Waals surface area contributed by atoms with Gasteiger partial charge in [-0.15, -0.1) is 0 Å². The molecule has 0 N–H and O–H groups in total. The molecule has 0 aromatic carbocycles. The molecule has 1 aliphatic rings. The van der Waals surface area contributed by atoms with Gasteiger partial charge in [-0.05, 0) is 25.9 Å². The Balaban J connectivity index is 2.16. The average Bonchev–Trinajstić information content (AvgIpc) is 2.28. The lowest BCUT2D eigenvalue weighted by Crippen LogP contribution is -2.29. The maximum absolute atomic E-state index is 10.1. The van der Waals surface area contributed by atoms with Crippen LogP contribution in [0.4, 0.5) is 0 Å². The zero-order chi connectivity index (χ0) is 8.81. The molecule has 0 aliphatic carbocycles. The molecule has 0 atom stereocenters. The predicted molar refractivity (Wildman–Crippen MR) is 46.8 cm³/mol. The molecule has 0 amide bonds. The van der Waals surface area contributed by atoms with Gasteiger partial charge in [0.25, 0.3) is 0 Å². The Bertz CT molecular complexity index is 142. The van der Waals surface area contributed by atoms with Crippen molar-refractivity contribution in [1.82, 2.24) is 4.90 Å². The molecule has 4 nitrogen and oxygen atoms in total. The summed E-state index contributed by atoms with van der Waals surface area (Å²) in [6.45, 7) is 2.83. The van der Waals surface area contributed by atoms with E-state index in [4.69, 9.17) is 0 Å². The van der Waals surface area contributed by atoms with Crippen LogP contribution in [0.5, 0.6) is 0 Å². The molecule has 0 bridgehead atoms. The summed E-state index contributed by atoms with van der Waals surface area (Å²) in [5, 5.41) is 10.1. The summed E-state index contributed by atoms with van der Waals surface area (Å²) in [7, 11) is 0. The Kier molecular flexibility index (Phi) is 4.00. The first kappa shape index (κ1) is 9.45. The van der Waals surface area contributed by atoms with Crippen LogP contribution in [0, 0.1) is 10.1 Å².